The number of aromatic nitrogens is 1. The van der Waals surface area contributed by atoms with Crippen LogP contribution in [0.4, 0.5) is 8.78 Å². The molecule has 0 aliphatic carbocycles. The highest BCUT2D eigenvalue weighted by molar-refractivity contribution is 7.99. The summed E-state index contributed by atoms with van der Waals surface area (Å²) < 4.78 is 28.4. The van der Waals surface area contributed by atoms with E-state index in [0.717, 1.165) is 17.8 Å². The van der Waals surface area contributed by atoms with Gasteiger partial charge in [-0.05, 0) is 19.4 Å². The van der Waals surface area contributed by atoms with E-state index in [2.05, 4.69) is 4.98 Å². The molecule has 0 spiro atoms. The molecule has 0 bridgehead atoms. The lowest BCUT2D eigenvalue weighted by Gasteiger charge is -1.91. The summed E-state index contributed by atoms with van der Waals surface area (Å²) in [6.45, 7) is 1.59. The Balaban J connectivity index is 2.52. The summed E-state index contributed by atoms with van der Waals surface area (Å²) in [6.07, 6.45) is -0.681. The molecule has 0 fully saturated rings. The quantitative estimate of drug-likeness (QED) is 0.641. The van der Waals surface area contributed by atoms with E-state index in [1.165, 1.54) is 0 Å². The van der Waals surface area contributed by atoms with E-state index >= 15 is 0 Å². The van der Waals surface area contributed by atoms with Gasteiger partial charge in [0, 0.05) is 5.75 Å². The number of allylic oxidation sites excluding steroid dienone is 1. The Bertz CT molecular complexity index is 414. The number of aryl methyl sites for hydroxylation is 1. The van der Waals surface area contributed by atoms with Crippen LogP contribution in [0.25, 0.3) is 0 Å². The number of hydrogen-bond donors (Lipinski definition) is 1. The molecule has 1 rings (SSSR count). The zero-order valence-corrected chi connectivity index (χ0v) is 9.31. The smallest absolute Gasteiger partial charge is 0.286 e. The van der Waals surface area contributed by atoms with Crippen LogP contribution < -0.4 is 5.73 Å². The third-order valence-electron chi connectivity index (χ3n) is 1.64. The normalized spacial score (nSPS) is 10.2. The molecule has 0 aliphatic heterocycles. The first-order valence-corrected chi connectivity index (χ1v) is 5.40. The summed E-state index contributed by atoms with van der Waals surface area (Å²) in [5, 5.41) is 0.263. The Morgan fingerprint density at radius 3 is 2.81 bits per heavy atom. The second-order valence-corrected chi connectivity index (χ2v) is 3.94. The van der Waals surface area contributed by atoms with Crippen molar-refractivity contribution < 1.29 is 18.0 Å². The third-order valence-corrected chi connectivity index (χ3v) is 2.50. The minimum absolute atomic E-state index is 0.00899. The van der Waals surface area contributed by atoms with E-state index in [1.54, 1.807) is 6.92 Å². The standard InChI is InChI=1S/C9H10F2N2O2S/c1-5-7(8(12)14)15-9(13-5)16-4-2-3-6(10)11/h3H,2,4H2,1H3,(H2,12,14). The van der Waals surface area contributed by atoms with Crippen molar-refractivity contribution >= 4 is 17.7 Å². The number of carbonyl (C=O) groups excluding carboxylic acids is 1. The zero-order chi connectivity index (χ0) is 12.1. The average molecular weight is 248 g/mol. The molecule has 0 saturated heterocycles. The summed E-state index contributed by atoms with van der Waals surface area (Å²) in [5.41, 5.74) is 5.44. The van der Waals surface area contributed by atoms with Gasteiger partial charge in [-0.25, -0.2) is 4.98 Å². The lowest BCUT2D eigenvalue weighted by Crippen LogP contribution is -2.10. The maximum absolute atomic E-state index is 11.7. The van der Waals surface area contributed by atoms with Gasteiger partial charge in [0.05, 0.1) is 5.69 Å². The van der Waals surface area contributed by atoms with Crippen molar-refractivity contribution in [2.24, 2.45) is 5.73 Å². The number of amides is 1. The van der Waals surface area contributed by atoms with Crippen LogP contribution in [0.2, 0.25) is 0 Å². The van der Waals surface area contributed by atoms with Crippen molar-refractivity contribution in [2.75, 3.05) is 5.75 Å². The molecule has 1 heterocycles. The molecular weight excluding hydrogens is 238 g/mol. The highest BCUT2D eigenvalue weighted by Crippen LogP contribution is 2.21. The van der Waals surface area contributed by atoms with E-state index < -0.39 is 12.0 Å². The van der Waals surface area contributed by atoms with Gasteiger partial charge >= 0.3 is 0 Å². The molecule has 16 heavy (non-hydrogen) atoms. The molecule has 1 amide bonds. The summed E-state index contributed by atoms with van der Waals surface area (Å²) in [4.78, 5) is 14.8. The van der Waals surface area contributed by atoms with Crippen LogP contribution in [0.5, 0.6) is 0 Å². The monoisotopic (exact) mass is 248 g/mol. The Hall–Kier alpha value is -1.37. The maximum atomic E-state index is 11.7. The Morgan fingerprint density at radius 1 is 1.62 bits per heavy atom. The largest absolute Gasteiger partial charge is 0.426 e. The second kappa shape index (κ2) is 5.64. The van der Waals surface area contributed by atoms with E-state index in [9.17, 15) is 13.6 Å². The number of thioether (sulfide) groups is 1. The van der Waals surface area contributed by atoms with Crippen LogP contribution >= 0.6 is 11.8 Å². The van der Waals surface area contributed by atoms with Crippen molar-refractivity contribution in [3.05, 3.63) is 23.6 Å². The number of nitrogens with two attached hydrogens (primary N) is 1. The Kier molecular flexibility index (Phi) is 4.48. The van der Waals surface area contributed by atoms with E-state index in [0.29, 0.717) is 11.4 Å². The number of hydrogen-bond acceptors (Lipinski definition) is 4. The topological polar surface area (TPSA) is 69.1 Å². The van der Waals surface area contributed by atoms with E-state index in [1.807, 2.05) is 0 Å². The van der Waals surface area contributed by atoms with Crippen molar-refractivity contribution in [2.45, 2.75) is 18.6 Å². The molecule has 0 atom stereocenters. The van der Waals surface area contributed by atoms with Crippen molar-refractivity contribution in [1.29, 1.82) is 0 Å². The summed E-state index contributed by atoms with van der Waals surface area (Å²) in [7, 11) is 0. The number of halogens is 2. The van der Waals surface area contributed by atoms with Crippen LogP contribution in [0, 0.1) is 6.92 Å². The van der Waals surface area contributed by atoms with Gasteiger partial charge in [-0.15, -0.1) is 0 Å². The van der Waals surface area contributed by atoms with Gasteiger partial charge in [0.2, 0.25) is 5.76 Å². The van der Waals surface area contributed by atoms with E-state index in [-0.39, 0.29) is 17.4 Å². The van der Waals surface area contributed by atoms with Crippen LogP contribution in [-0.4, -0.2) is 16.6 Å². The molecule has 0 radical (unpaired) electrons. The lowest BCUT2D eigenvalue weighted by atomic mass is 10.4. The van der Waals surface area contributed by atoms with Crippen LogP contribution in [0.3, 0.4) is 0 Å². The van der Waals surface area contributed by atoms with Gasteiger partial charge in [0.1, 0.15) is 0 Å². The lowest BCUT2D eigenvalue weighted by molar-refractivity contribution is 0.0968. The highest BCUT2D eigenvalue weighted by Gasteiger charge is 2.14. The molecule has 0 aromatic carbocycles. The van der Waals surface area contributed by atoms with Gasteiger partial charge in [0.25, 0.3) is 17.2 Å². The number of oxazole rings is 1. The minimum atomic E-state index is -1.71. The number of carbonyl (C=O) groups is 1. The average Bonchev–Trinajstić information content (AvgIpc) is 2.54. The molecule has 0 unspecified atom stereocenters. The van der Waals surface area contributed by atoms with Crippen molar-refractivity contribution in [1.82, 2.24) is 4.98 Å². The molecule has 88 valence electrons. The molecular formula is C9H10F2N2O2S. The molecule has 1 aromatic rings. The Labute approximate surface area is 94.9 Å². The first-order valence-electron chi connectivity index (χ1n) is 4.42. The first-order chi connectivity index (χ1) is 7.50. The fourth-order valence-electron chi connectivity index (χ4n) is 0.976. The summed E-state index contributed by atoms with van der Waals surface area (Å²) in [6, 6.07) is 0. The van der Waals surface area contributed by atoms with Gasteiger partial charge in [-0.2, -0.15) is 8.78 Å². The van der Waals surface area contributed by atoms with Crippen LogP contribution in [0.15, 0.2) is 21.8 Å². The summed E-state index contributed by atoms with van der Waals surface area (Å²) >= 11 is 1.15. The molecule has 2 N–H and O–H groups in total. The molecule has 1 aromatic heterocycles. The van der Waals surface area contributed by atoms with Gasteiger partial charge in [0.15, 0.2) is 0 Å². The first kappa shape index (κ1) is 12.7. The number of rotatable bonds is 5. The fraction of sp³-hybridized carbons (Fsp3) is 0.333. The predicted octanol–water partition coefficient (Wildman–Crippen LogP) is 2.34. The van der Waals surface area contributed by atoms with Crippen LogP contribution in [0.1, 0.15) is 22.7 Å². The van der Waals surface area contributed by atoms with Gasteiger partial charge in [-0.1, -0.05) is 11.8 Å². The SMILES string of the molecule is Cc1nc(SCCC=C(F)F)oc1C(N)=O. The zero-order valence-electron chi connectivity index (χ0n) is 8.50. The van der Waals surface area contributed by atoms with Gasteiger partial charge in [-0.3, -0.25) is 4.79 Å². The van der Waals surface area contributed by atoms with E-state index in [4.69, 9.17) is 10.2 Å². The number of nitrogens with zero attached hydrogens (tertiary/aromatic N) is 1. The Morgan fingerprint density at radius 2 is 2.31 bits per heavy atom. The third kappa shape index (κ3) is 3.65. The van der Waals surface area contributed by atoms with Crippen LogP contribution in [-0.2, 0) is 0 Å². The predicted molar refractivity (Wildman–Crippen MR) is 55.4 cm³/mol. The summed E-state index contributed by atoms with van der Waals surface area (Å²) in [5.74, 6) is -0.281. The molecule has 4 nitrogen and oxygen atoms in total. The maximum Gasteiger partial charge on any atom is 0.286 e. The van der Waals surface area contributed by atoms with Crippen molar-refractivity contribution in [3.8, 4) is 0 Å². The highest BCUT2D eigenvalue weighted by atomic mass is 32.2. The van der Waals surface area contributed by atoms with Crippen molar-refractivity contribution in [3.63, 3.8) is 0 Å². The second-order valence-electron chi connectivity index (χ2n) is 2.89. The minimum Gasteiger partial charge on any atom is -0.426 e. The van der Waals surface area contributed by atoms with Gasteiger partial charge < -0.3 is 10.2 Å². The molecule has 0 aliphatic rings. The molecule has 0 saturated carbocycles. The fourth-order valence-corrected chi connectivity index (χ4v) is 1.73. The molecule has 7 heteroatoms. The number of primary amides is 1.